The van der Waals surface area contributed by atoms with E-state index < -0.39 is 0 Å². The van der Waals surface area contributed by atoms with E-state index in [9.17, 15) is 0 Å². The van der Waals surface area contributed by atoms with Gasteiger partial charge in [0.05, 0.1) is 6.61 Å². The maximum atomic E-state index is 5.31. The van der Waals surface area contributed by atoms with E-state index in [4.69, 9.17) is 4.74 Å². The molecule has 1 N–H and O–H groups in total. The van der Waals surface area contributed by atoms with E-state index in [1.54, 1.807) is 7.11 Å². The molecule has 0 saturated carbocycles. The molecule has 0 amide bonds. The predicted octanol–water partition coefficient (Wildman–Crippen LogP) is 2.57. The van der Waals surface area contributed by atoms with Gasteiger partial charge in [0.15, 0.2) is 0 Å². The van der Waals surface area contributed by atoms with Crippen LogP contribution in [0.4, 0.5) is 0 Å². The summed E-state index contributed by atoms with van der Waals surface area (Å²) in [6.07, 6.45) is 3.88. The summed E-state index contributed by atoms with van der Waals surface area (Å²) in [5, 5.41) is 3.52. The minimum atomic E-state index is 0.464. The first-order valence-corrected chi connectivity index (χ1v) is 8.30. The SMILES string of the molecule is CCNC(COC)CN1CCC(Cc2ccccc2)CC1. The molecule has 0 bridgehead atoms. The molecular formula is C18H30N2O. The summed E-state index contributed by atoms with van der Waals surface area (Å²) < 4.78 is 5.31. The van der Waals surface area contributed by atoms with E-state index in [-0.39, 0.29) is 0 Å². The van der Waals surface area contributed by atoms with Crippen LogP contribution in [0.5, 0.6) is 0 Å². The number of nitrogens with one attached hydrogen (secondary N) is 1. The molecule has 0 aromatic heterocycles. The number of ether oxygens (including phenoxy) is 1. The zero-order valence-corrected chi connectivity index (χ0v) is 13.6. The predicted molar refractivity (Wildman–Crippen MR) is 88.7 cm³/mol. The highest BCUT2D eigenvalue weighted by Gasteiger charge is 2.21. The van der Waals surface area contributed by atoms with E-state index in [1.807, 2.05) is 0 Å². The van der Waals surface area contributed by atoms with Crippen molar-refractivity contribution in [3.8, 4) is 0 Å². The molecule has 0 spiro atoms. The van der Waals surface area contributed by atoms with Gasteiger partial charge in [0.1, 0.15) is 0 Å². The van der Waals surface area contributed by atoms with Gasteiger partial charge in [-0.05, 0) is 50.4 Å². The molecule has 21 heavy (non-hydrogen) atoms. The summed E-state index contributed by atoms with van der Waals surface area (Å²) in [7, 11) is 1.79. The van der Waals surface area contributed by atoms with Crippen LogP contribution in [0.25, 0.3) is 0 Å². The molecule has 0 radical (unpaired) electrons. The number of rotatable bonds is 8. The van der Waals surface area contributed by atoms with Gasteiger partial charge in [0.2, 0.25) is 0 Å². The number of benzene rings is 1. The van der Waals surface area contributed by atoms with Crippen molar-refractivity contribution in [1.82, 2.24) is 10.2 Å². The van der Waals surface area contributed by atoms with Gasteiger partial charge >= 0.3 is 0 Å². The van der Waals surface area contributed by atoms with Crippen molar-refractivity contribution >= 4 is 0 Å². The Kier molecular flexibility index (Phi) is 7.20. The number of likely N-dealkylation sites (N-methyl/N-ethyl adjacent to an activating group) is 1. The highest BCUT2D eigenvalue weighted by Crippen LogP contribution is 2.21. The molecule has 1 aliphatic rings. The van der Waals surface area contributed by atoms with Gasteiger partial charge in [0.25, 0.3) is 0 Å². The van der Waals surface area contributed by atoms with Crippen molar-refractivity contribution in [1.29, 1.82) is 0 Å². The Bertz CT molecular complexity index is 368. The monoisotopic (exact) mass is 290 g/mol. The van der Waals surface area contributed by atoms with E-state index in [0.29, 0.717) is 6.04 Å². The van der Waals surface area contributed by atoms with Gasteiger partial charge in [-0.15, -0.1) is 0 Å². The van der Waals surface area contributed by atoms with Crippen LogP contribution in [0.1, 0.15) is 25.3 Å². The van der Waals surface area contributed by atoms with Gasteiger partial charge in [-0.2, -0.15) is 0 Å². The molecule has 2 rings (SSSR count). The number of hydrogen-bond acceptors (Lipinski definition) is 3. The maximum absolute atomic E-state index is 5.31. The van der Waals surface area contributed by atoms with E-state index in [1.165, 1.54) is 37.9 Å². The number of likely N-dealkylation sites (tertiary alicyclic amines) is 1. The zero-order chi connectivity index (χ0) is 14.9. The first kappa shape index (κ1) is 16.5. The second kappa shape index (κ2) is 9.19. The van der Waals surface area contributed by atoms with Gasteiger partial charge in [0, 0.05) is 19.7 Å². The zero-order valence-electron chi connectivity index (χ0n) is 13.6. The van der Waals surface area contributed by atoms with Crippen LogP contribution in [0, 0.1) is 5.92 Å². The minimum absolute atomic E-state index is 0.464. The van der Waals surface area contributed by atoms with Crippen molar-refractivity contribution in [3.63, 3.8) is 0 Å². The highest BCUT2D eigenvalue weighted by atomic mass is 16.5. The molecule has 1 aromatic rings. The number of piperidine rings is 1. The average Bonchev–Trinajstić information content (AvgIpc) is 2.51. The van der Waals surface area contributed by atoms with Crippen LogP contribution in [-0.4, -0.2) is 50.8 Å². The molecule has 0 aliphatic carbocycles. The largest absolute Gasteiger partial charge is 0.383 e. The van der Waals surface area contributed by atoms with Gasteiger partial charge in [-0.3, -0.25) is 0 Å². The molecule has 1 atom stereocenters. The molecule has 1 aliphatic heterocycles. The Morgan fingerprint density at radius 3 is 2.57 bits per heavy atom. The average molecular weight is 290 g/mol. The van der Waals surface area contributed by atoms with E-state index in [0.717, 1.165) is 25.6 Å². The topological polar surface area (TPSA) is 24.5 Å². The van der Waals surface area contributed by atoms with Crippen molar-refractivity contribution in [3.05, 3.63) is 35.9 Å². The lowest BCUT2D eigenvalue weighted by Crippen LogP contribution is -2.46. The number of nitrogens with zero attached hydrogens (tertiary/aromatic N) is 1. The molecule has 1 fully saturated rings. The van der Waals surface area contributed by atoms with Crippen LogP contribution in [0.2, 0.25) is 0 Å². The Balaban J connectivity index is 1.72. The normalized spacial score (nSPS) is 18.8. The lowest BCUT2D eigenvalue weighted by Gasteiger charge is -2.34. The standard InChI is InChI=1S/C18H30N2O/c1-3-19-18(15-21-2)14-20-11-9-17(10-12-20)13-16-7-5-4-6-8-16/h4-8,17-19H,3,9-15H2,1-2H3. The van der Waals surface area contributed by atoms with Crippen LogP contribution in [0.15, 0.2) is 30.3 Å². The second-order valence-corrected chi connectivity index (χ2v) is 6.14. The maximum Gasteiger partial charge on any atom is 0.0628 e. The molecule has 118 valence electrons. The van der Waals surface area contributed by atoms with Gasteiger partial charge in [-0.1, -0.05) is 37.3 Å². The first-order chi connectivity index (χ1) is 10.3. The lowest BCUT2D eigenvalue weighted by atomic mass is 9.90. The van der Waals surface area contributed by atoms with E-state index >= 15 is 0 Å². The molecular weight excluding hydrogens is 260 g/mol. The minimum Gasteiger partial charge on any atom is -0.383 e. The van der Waals surface area contributed by atoms with Crippen LogP contribution in [0.3, 0.4) is 0 Å². The molecule has 1 saturated heterocycles. The van der Waals surface area contributed by atoms with Crippen LogP contribution in [-0.2, 0) is 11.2 Å². The van der Waals surface area contributed by atoms with Gasteiger partial charge < -0.3 is 15.0 Å². The Morgan fingerprint density at radius 1 is 1.24 bits per heavy atom. The first-order valence-electron chi connectivity index (χ1n) is 8.30. The Labute approximate surface area is 129 Å². The van der Waals surface area contributed by atoms with Crippen molar-refractivity contribution in [2.24, 2.45) is 5.92 Å². The lowest BCUT2D eigenvalue weighted by molar-refractivity contribution is 0.119. The molecule has 3 heteroatoms. The molecule has 1 unspecified atom stereocenters. The third-order valence-electron chi connectivity index (χ3n) is 4.41. The van der Waals surface area contributed by atoms with Crippen molar-refractivity contribution in [2.45, 2.75) is 32.2 Å². The quantitative estimate of drug-likeness (QED) is 0.796. The molecule has 3 nitrogen and oxygen atoms in total. The third-order valence-corrected chi connectivity index (χ3v) is 4.41. The van der Waals surface area contributed by atoms with Crippen LogP contribution >= 0.6 is 0 Å². The van der Waals surface area contributed by atoms with Gasteiger partial charge in [-0.25, -0.2) is 0 Å². The van der Waals surface area contributed by atoms with Crippen molar-refractivity contribution < 1.29 is 4.74 Å². The summed E-state index contributed by atoms with van der Waals surface area (Å²) >= 11 is 0. The third kappa shape index (κ3) is 5.77. The van der Waals surface area contributed by atoms with E-state index in [2.05, 4.69) is 47.5 Å². The highest BCUT2D eigenvalue weighted by molar-refractivity contribution is 5.15. The summed E-state index contributed by atoms with van der Waals surface area (Å²) in [4.78, 5) is 2.59. The second-order valence-electron chi connectivity index (χ2n) is 6.14. The summed E-state index contributed by atoms with van der Waals surface area (Å²) in [6, 6.07) is 11.4. The molecule has 1 aromatic carbocycles. The van der Waals surface area contributed by atoms with Crippen LogP contribution < -0.4 is 5.32 Å². The Morgan fingerprint density at radius 2 is 1.95 bits per heavy atom. The number of hydrogen-bond donors (Lipinski definition) is 1. The smallest absolute Gasteiger partial charge is 0.0628 e. The fourth-order valence-electron chi connectivity index (χ4n) is 3.30. The Hall–Kier alpha value is -0.900. The fraction of sp³-hybridized carbons (Fsp3) is 0.667. The summed E-state index contributed by atoms with van der Waals surface area (Å²) in [5.41, 5.74) is 1.49. The molecule has 1 heterocycles. The summed E-state index contributed by atoms with van der Waals surface area (Å²) in [5.74, 6) is 0.851. The number of methoxy groups -OCH3 is 1. The fourth-order valence-corrected chi connectivity index (χ4v) is 3.30. The summed E-state index contributed by atoms with van der Waals surface area (Å²) in [6.45, 7) is 7.54. The van der Waals surface area contributed by atoms with Crippen molar-refractivity contribution in [2.75, 3.05) is 39.9 Å².